The van der Waals surface area contributed by atoms with E-state index in [1.54, 1.807) is 0 Å². The van der Waals surface area contributed by atoms with E-state index < -0.39 is 0 Å². The van der Waals surface area contributed by atoms with E-state index in [9.17, 15) is 0 Å². The Morgan fingerprint density at radius 2 is 1.90 bits per heavy atom. The molecule has 1 aliphatic heterocycles. The number of hydrogen-bond acceptors (Lipinski definition) is 4. The van der Waals surface area contributed by atoms with Crippen molar-refractivity contribution in [2.75, 3.05) is 39.3 Å². The van der Waals surface area contributed by atoms with Gasteiger partial charge in [-0.15, -0.1) is 0 Å². The quantitative estimate of drug-likeness (QED) is 0.829. The van der Waals surface area contributed by atoms with Gasteiger partial charge in [0.25, 0.3) is 0 Å². The van der Waals surface area contributed by atoms with Gasteiger partial charge in [-0.1, -0.05) is 20.8 Å². The molecule has 1 N–H and O–H groups in total. The molecule has 1 aromatic rings. The van der Waals surface area contributed by atoms with Crippen LogP contribution in [0.2, 0.25) is 0 Å². The van der Waals surface area contributed by atoms with Crippen molar-refractivity contribution in [3.63, 3.8) is 0 Å². The number of piperazine rings is 1. The summed E-state index contributed by atoms with van der Waals surface area (Å²) in [5.74, 6) is 1.82. The summed E-state index contributed by atoms with van der Waals surface area (Å²) in [7, 11) is 0. The highest BCUT2D eigenvalue weighted by Crippen LogP contribution is 2.15. The van der Waals surface area contributed by atoms with Crippen LogP contribution in [-0.2, 0) is 13.1 Å². The summed E-state index contributed by atoms with van der Waals surface area (Å²) in [6.45, 7) is 15.4. The topological polar surface area (TPSA) is 31.6 Å². The van der Waals surface area contributed by atoms with Crippen LogP contribution in [0.3, 0.4) is 0 Å². The molecule has 0 amide bonds. The number of hydrogen-bond donors (Lipinski definition) is 1. The van der Waals surface area contributed by atoms with E-state index in [-0.39, 0.29) is 0 Å². The van der Waals surface area contributed by atoms with Gasteiger partial charge in [-0.25, -0.2) is 0 Å². The lowest BCUT2D eigenvalue weighted by Gasteiger charge is -2.33. The lowest BCUT2D eigenvalue weighted by atomic mass is 10.2. The first-order valence-electron chi connectivity index (χ1n) is 7.89. The number of likely N-dealkylation sites (N-methyl/N-ethyl adjacent to an activating group) is 1. The second kappa shape index (κ2) is 7.81. The van der Waals surface area contributed by atoms with E-state index in [0.717, 1.165) is 38.5 Å². The molecule has 0 radical (unpaired) electrons. The standard InChI is InChI=1S/C16H29N3O/c1-4-18-6-8-19(9-7-18)13-16-15(5-10-20-16)12-17-11-14(2)3/h5,10,14,17H,4,6-9,11-13H2,1-3H3. The summed E-state index contributed by atoms with van der Waals surface area (Å²) >= 11 is 0. The number of furan rings is 1. The zero-order valence-corrected chi connectivity index (χ0v) is 13.2. The van der Waals surface area contributed by atoms with Crippen molar-refractivity contribution in [1.29, 1.82) is 0 Å². The molecule has 20 heavy (non-hydrogen) atoms. The van der Waals surface area contributed by atoms with Gasteiger partial charge in [0.1, 0.15) is 5.76 Å². The minimum atomic E-state index is 0.687. The third kappa shape index (κ3) is 4.62. The van der Waals surface area contributed by atoms with Gasteiger partial charge in [-0.3, -0.25) is 4.90 Å². The molecule has 0 bridgehead atoms. The molecule has 2 heterocycles. The SMILES string of the molecule is CCN1CCN(Cc2occc2CNCC(C)C)CC1. The first kappa shape index (κ1) is 15.5. The Balaban J connectivity index is 1.80. The monoisotopic (exact) mass is 279 g/mol. The number of nitrogens with zero attached hydrogens (tertiary/aromatic N) is 2. The van der Waals surface area contributed by atoms with Crippen LogP contribution in [-0.4, -0.2) is 49.1 Å². The summed E-state index contributed by atoms with van der Waals surface area (Å²) in [6.07, 6.45) is 1.82. The van der Waals surface area contributed by atoms with Crippen molar-refractivity contribution >= 4 is 0 Å². The van der Waals surface area contributed by atoms with Gasteiger partial charge >= 0.3 is 0 Å². The lowest BCUT2D eigenvalue weighted by Crippen LogP contribution is -2.45. The van der Waals surface area contributed by atoms with Gasteiger partial charge in [0.05, 0.1) is 12.8 Å². The highest BCUT2D eigenvalue weighted by Gasteiger charge is 2.18. The van der Waals surface area contributed by atoms with E-state index in [4.69, 9.17) is 4.42 Å². The minimum absolute atomic E-state index is 0.687. The average Bonchev–Trinajstić information content (AvgIpc) is 2.87. The van der Waals surface area contributed by atoms with Crippen LogP contribution >= 0.6 is 0 Å². The normalized spacial score (nSPS) is 18.0. The van der Waals surface area contributed by atoms with Gasteiger partial charge < -0.3 is 14.6 Å². The zero-order chi connectivity index (χ0) is 14.4. The van der Waals surface area contributed by atoms with E-state index in [1.807, 2.05) is 6.26 Å². The van der Waals surface area contributed by atoms with Crippen molar-refractivity contribution in [2.45, 2.75) is 33.9 Å². The third-order valence-electron chi connectivity index (χ3n) is 3.99. The van der Waals surface area contributed by atoms with Crippen LogP contribution in [0.15, 0.2) is 16.7 Å². The summed E-state index contributed by atoms with van der Waals surface area (Å²) in [4.78, 5) is 5.00. The van der Waals surface area contributed by atoms with Crippen LogP contribution < -0.4 is 5.32 Å². The second-order valence-electron chi connectivity index (χ2n) is 6.10. The maximum atomic E-state index is 5.68. The molecule has 0 unspecified atom stereocenters. The third-order valence-corrected chi connectivity index (χ3v) is 3.99. The Morgan fingerprint density at radius 1 is 1.20 bits per heavy atom. The number of nitrogens with one attached hydrogen (secondary N) is 1. The second-order valence-corrected chi connectivity index (χ2v) is 6.10. The fourth-order valence-corrected chi connectivity index (χ4v) is 2.63. The Morgan fingerprint density at radius 3 is 2.55 bits per heavy atom. The molecule has 2 rings (SSSR count). The molecule has 0 saturated carbocycles. The molecular weight excluding hydrogens is 250 g/mol. The predicted octanol–water partition coefficient (Wildman–Crippen LogP) is 2.16. The van der Waals surface area contributed by atoms with Crippen molar-refractivity contribution in [3.8, 4) is 0 Å². The van der Waals surface area contributed by atoms with Crippen molar-refractivity contribution < 1.29 is 4.42 Å². The molecule has 0 atom stereocenters. The Labute approximate surface area is 123 Å². The Bertz CT molecular complexity index is 381. The minimum Gasteiger partial charge on any atom is -0.468 e. The molecule has 1 aromatic heterocycles. The maximum absolute atomic E-state index is 5.68. The van der Waals surface area contributed by atoms with Gasteiger partial charge in [0.2, 0.25) is 0 Å². The van der Waals surface area contributed by atoms with Crippen LogP contribution in [0, 0.1) is 5.92 Å². The summed E-state index contributed by atoms with van der Waals surface area (Å²) in [6, 6.07) is 2.10. The number of rotatable bonds is 7. The highest BCUT2D eigenvalue weighted by molar-refractivity contribution is 5.16. The Kier molecular flexibility index (Phi) is 6.07. The molecule has 4 heteroatoms. The van der Waals surface area contributed by atoms with Crippen molar-refractivity contribution in [2.24, 2.45) is 5.92 Å². The van der Waals surface area contributed by atoms with E-state index in [0.29, 0.717) is 5.92 Å². The highest BCUT2D eigenvalue weighted by atomic mass is 16.3. The van der Waals surface area contributed by atoms with Gasteiger partial charge in [-0.2, -0.15) is 0 Å². The molecule has 4 nitrogen and oxygen atoms in total. The fraction of sp³-hybridized carbons (Fsp3) is 0.750. The van der Waals surface area contributed by atoms with Gasteiger partial charge in [0.15, 0.2) is 0 Å². The van der Waals surface area contributed by atoms with Gasteiger partial charge in [-0.05, 0) is 25.1 Å². The van der Waals surface area contributed by atoms with Crippen LogP contribution in [0.1, 0.15) is 32.1 Å². The first-order chi connectivity index (χ1) is 9.69. The van der Waals surface area contributed by atoms with E-state index in [2.05, 4.69) is 42.0 Å². The average molecular weight is 279 g/mol. The van der Waals surface area contributed by atoms with E-state index in [1.165, 1.54) is 25.2 Å². The predicted molar refractivity (Wildman–Crippen MR) is 82.6 cm³/mol. The summed E-state index contributed by atoms with van der Waals surface area (Å²) in [5, 5.41) is 3.49. The van der Waals surface area contributed by atoms with Crippen LogP contribution in [0.5, 0.6) is 0 Å². The smallest absolute Gasteiger partial charge is 0.122 e. The zero-order valence-electron chi connectivity index (χ0n) is 13.2. The van der Waals surface area contributed by atoms with Crippen molar-refractivity contribution in [1.82, 2.24) is 15.1 Å². The molecular formula is C16H29N3O. The Hall–Kier alpha value is -0.840. The largest absolute Gasteiger partial charge is 0.468 e. The molecule has 0 aliphatic carbocycles. The summed E-state index contributed by atoms with van der Waals surface area (Å²) < 4.78 is 5.68. The maximum Gasteiger partial charge on any atom is 0.122 e. The molecule has 1 saturated heterocycles. The van der Waals surface area contributed by atoms with Crippen LogP contribution in [0.25, 0.3) is 0 Å². The van der Waals surface area contributed by atoms with Gasteiger partial charge in [0, 0.05) is 38.3 Å². The lowest BCUT2D eigenvalue weighted by molar-refractivity contribution is 0.125. The van der Waals surface area contributed by atoms with Crippen LogP contribution in [0.4, 0.5) is 0 Å². The van der Waals surface area contributed by atoms with E-state index >= 15 is 0 Å². The first-order valence-corrected chi connectivity index (χ1v) is 7.89. The molecule has 1 fully saturated rings. The molecule has 0 aromatic carbocycles. The molecule has 1 aliphatic rings. The summed E-state index contributed by atoms with van der Waals surface area (Å²) in [5.41, 5.74) is 1.31. The molecule has 114 valence electrons. The fourth-order valence-electron chi connectivity index (χ4n) is 2.63. The van der Waals surface area contributed by atoms with Crippen molar-refractivity contribution in [3.05, 3.63) is 23.7 Å². The molecule has 0 spiro atoms.